The van der Waals surface area contributed by atoms with Crippen LogP contribution in [0.3, 0.4) is 0 Å². The van der Waals surface area contributed by atoms with Crippen LogP contribution in [0.25, 0.3) is 0 Å². The minimum atomic E-state index is 0.634. The average Bonchev–Trinajstić information content (AvgIpc) is 3.30. The zero-order valence-corrected chi connectivity index (χ0v) is 36.8. The first kappa shape index (κ1) is 47.9. The Kier molecular flexibility index (Phi) is 24.5. The molecule has 0 fully saturated rings. The molecule has 7 aliphatic heterocycles. The summed E-state index contributed by atoms with van der Waals surface area (Å²) in [6.45, 7) is 8.79. The molecular weight excluding hydrogens is 765 g/mol. The summed E-state index contributed by atoms with van der Waals surface area (Å²) in [6, 6.07) is 34.7. The van der Waals surface area contributed by atoms with E-state index in [2.05, 4.69) is 155 Å². The third kappa shape index (κ3) is 22.1. The van der Waals surface area contributed by atoms with Crippen molar-refractivity contribution in [3.05, 3.63) is 142 Å². The maximum Gasteiger partial charge on any atom is 0.0716 e. The molecule has 11 rings (SSSR count). The van der Waals surface area contributed by atoms with Gasteiger partial charge in [-0.1, -0.05) is 121 Å². The van der Waals surface area contributed by atoms with Gasteiger partial charge < -0.3 is 29.6 Å². The van der Waals surface area contributed by atoms with Gasteiger partial charge in [-0.05, 0) is 120 Å². The van der Waals surface area contributed by atoms with Crippen molar-refractivity contribution in [2.45, 2.75) is 130 Å². The van der Waals surface area contributed by atoms with E-state index in [9.17, 15) is 0 Å². The quantitative estimate of drug-likeness (QED) is 0.172. The molecule has 0 radical (unpaired) electrons. The van der Waals surface area contributed by atoms with Gasteiger partial charge in [-0.15, -0.1) is 0 Å². The van der Waals surface area contributed by atoms with Crippen LogP contribution in [0.1, 0.15) is 122 Å². The molecule has 7 aliphatic rings. The molecule has 6 nitrogen and oxygen atoms in total. The fourth-order valence-electron chi connectivity index (χ4n) is 6.57. The molecule has 0 atom stereocenters. The van der Waals surface area contributed by atoms with E-state index < -0.39 is 0 Å². The van der Waals surface area contributed by atoms with Crippen molar-refractivity contribution in [1.29, 1.82) is 0 Å². The van der Waals surface area contributed by atoms with Crippen LogP contribution < -0.4 is 10.6 Å². The minimum Gasteiger partial charge on any atom is -0.377 e. The summed E-state index contributed by atoms with van der Waals surface area (Å²) < 4.78 is 23.7. The van der Waals surface area contributed by atoms with E-state index in [1.54, 1.807) is 0 Å². The van der Waals surface area contributed by atoms with Gasteiger partial charge in [-0.3, -0.25) is 0 Å². The Morgan fingerprint density at radius 1 is 0.274 bits per heavy atom. The highest BCUT2D eigenvalue weighted by atomic mass is 16.5. The van der Waals surface area contributed by atoms with Gasteiger partial charge in [0.1, 0.15) is 0 Å². The van der Waals surface area contributed by atoms with Crippen LogP contribution in [0.2, 0.25) is 0 Å². The number of ether oxygens (including phenoxy) is 4. The Labute approximate surface area is 373 Å². The van der Waals surface area contributed by atoms with Crippen LogP contribution >= 0.6 is 0 Å². The molecule has 0 saturated heterocycles. The van der Waals surface area contributed by atoms with E-state index in [1.807, 2.05) is 0 Å². The average molecular weight is 831 g/mol. The number of hydrogen-bond donors (Lipinski definition) is 2. The van der Waals surface area contributed by atoms with Crippen LogP contribution in [0.4, 0.5) is 0 Å². The Balaban J connectivity index is 0.989. The zero-order chi connectivity index (χ0) is 42.8. The van der Waals surface area contributed by atoms with Crippen molar-refractivity contribution in [2.75, 3.05) is 26.4 Å². The van der Waals surface area contributed by atoms with Crippen molar-refractivity contribution in [3.8, 4) is 47.4 Å². The van der Waals surface area contributed by atoms with Crippen LogP contribution in [-0.2, 0) is 71.6 Å². The standard InChI is InChI=1S/C56H66N2O4/c1-2-6-10-14-18-38-60-46-54-31-23-50(24-32-54)42-58-44-52-27-35-56(36-28-52)48-62-40-20-16-12-8-4-3-7-11-15-19-39-61-47-55-33-25-51(26-34-55)43-57-41-49-21-29-53(30-22-49)45-59-37-17-13-9-5-1/h21-36,57-58H,9-20,37-48H2. The van der Waals surface area contributed by atoms with Crippen molar-refractivity contribution in [1.82, 2.24) is 10.6 Å². The van der Waals surface area contributed by atoms with Crippen molar-refractivity contribution >= 4 is 0 Å². The Bertz CT molecular complexity index is 1760. The van der Waals surface area contributed by atoms with E-state index in [0.29, 0.717) is 26.4 Å². The maximum absolute atomic E-state index is 5.91. The lowest BCUT2D eigenvalue weighted by atomic mass is 10.1. The minimum absolute atomic E-state index is 0.634. The summed E-state index contributed by atoms with van der Waals surface area (Å²) in [5, 5.41) is 7.12. The van der Waals surface area contributed by atoms with E-state index in [4.69, 9.17) is 18.9 Å². The lowest BCUT2D eigenvalue weighted by Gasteiger charge is -2.08. The Morgan fingerprint density at radius 3 is 0.710 bits per heavy atom. The Morgan fingerprint density at radius 2 is 0.484 bits per heavy atom. The van der Waals surface area contributed by atoms with Crippen LogP contribution in [0, 0.1) is 47.4 Å². The molecule has 0 saturated carbocycles. The van der Waals surface area contributed by atoms with Gasteiger partial charge >= 0.3 is 0 Å². The van der Waals surface area contributed by atoms with Crippen molar-refractivity contribution in [2.24, 2.45) is 0 Å². The molecule has 0 spiro atoms. The molecule has 0 unspecified atom stereocenters. The molecule has 7 heterocycles. The molecule has 2 N–H and O–H groups in total. The highest BCUT2D eigenvalue weighted by molar-refractivity contribution is 5.27. The van der Waals surface area contributed by atoms with Gasteiger partial charge in [-0.2, -0.15) is 0 Å². The van der Waals surface area contributed by atoms with Gasteiger partial charge in [0.15, 0.2) is 0 Å². The molecule has 4 aromatic carbocycles. The van der Waals surface area contributed by atoms with Crippen LogP contribution in [0.5, 0.6) is 0 Å². The largest absolute Gasteiger partial charge is 0.377 e. The first-order valence-corrected chi connectivity index (χ1v) is 22.8. The first-order chi connectivity index (χ1) is 30.8. The molecule has 6 heteroatoms. The normalized spacial score (nSPS) is 17.0. The number of nitrogens with one attached hydrogen (secondary N) is 2. The summed E-state index contributed by atoms with van der Waals surface area (Å²) >= 11 is 0. The third-order valence-corrected chi connectivity index (χ3v) is 10.3. The summed E-state index contributed by atoms with van der Waals surface area (Å²) in [5.74, 6) is 24.7. The molecule has 0 aliphatic carbocycles. The van der Waals surface area contributed by atoms with Crippen molar-refractivity contribution in [3.63, 3.8) is 0 Å². The second-order valence-corrected chi connectivity index (χ2v) is 15.7. The lowest BCUT2D eigenvalue weighted by molar-refractivity contribution is 0.117. The van der Waals surface area contributed by atoms with E-state index >= 15 is 0 Å². The van der Waals surface area contributed by atoms with Crippen LogP contribution in [-0.4, -0.2) is 26.4 Å². The smallest absolute Gasteiger partial charge is 0.0716 e. The van der Waals surface area contributed by atoms with E-state index in [-0.39, 0.29) is 0 Å². The first-order valence-electron chi connectivity index (χ1n) is 22.8. The highest BCUT2D eigenvalue weighted by Gasteiger charge is 2.02. The third-order valence-electron chi connectivity index (χ3n) is 10.3. The van der Waals surface area contributed by atoms with Gasteiger partial charge in [0, 0.05) is 78.3 Å². The number of benzene rings is 4. The maximum atomic E-state index is 5.91. The molecule has 62 heavy (non-hydrogen) atoms. The number of hydrogen-bond acceptors (Lipinski definition) is 6. The molecule has 0 aromatic heterocycles. The predicted octanol–water partition coefficient (Wildman–Crippen LogP) is 10.7. The van der Waals surface area contributed by atoms with Gasteiger partial charge in [0.2, 0.25) is 0 Å². The van der Waals surface area contributed by atoms with Crippen molar-refractivity contribution < 1.29 is 18.9 Å². The van der Waals surface area contributed by atoms with Gasteiger partial charge in [-0.25, -0.2) is 0 Å². The number of rotatable bonds is 0. The van der Waals surface area contributed by atoms with Gasteiger partial charge in [0.05, 0.1) is 26.4 Å². The Hall–Kier alpha value is -5.12. The van der Waals surface area contributed by atoms with E-state index in [0.717, 1.165) is 130 Å². The lowest BCUT2D eigenvalue weighted by Crippen LogP contribution is -2.12. The SMILES string of the molecule is C1#CCCCCOCc2ccc(cc2)CNCc2ccc(cc2)COCCCCC#CC#CCCCCOCc2ccc(cc2)CNCc2ccc(cc2)COCCCCC#C1. The summed E-state index contributed by atoms with van der Waals surface area (Å²) in [5.41, 5.74) is 9.84. The van der Waals surface area contributed by atoms with E-state index in [1.165, 1.54) is 44.5 Å². The second kappa shape index (κ2) is 31.7. The summed E-state index contributed by atoms with van der Waals surface area (Å²) in [4.78, 5) is 0. The molecule has 0 amide bonds. The zero-order valence-electron chi connectivity index (χ0n) is 36.8. The highest BCUT2D eigenvalue weighted by Crippen LogP contribution is 2.12. The summed E-state index contributed by atoms with van der Waals surface area (Å²) in [6.07, 6.45) is 11.5. The van der Waals surface area contributed by atoms with Crippen LogP contribution in [0.15, 0.2) is 97.1 Å². The second-order valence-electron chi connectivity index (χ2n) is 15.7. The topological polar surface area (TPSA) is 61.0 Å². The molecule has 8 bridgehead atoms. The van der Waals surface area contributed by atoms with Gasteiger partial charge in [0.25, 0.3) is 0 Å². The molecule has 4 aromatic rings. The summed E-state index contributed by atoms with van der Waals surface area (Å²) in [7, 11) is 0. The predicted molar refractivity (Wildman–Crippen MR) is 252 cm³/mol. The molecule has 324 valence electrons. The fourth-order valence-corrected chi connectivity index (χ4v) is 6.57. The molecular formula is C56H66N2O4. The monoisotopic (exact) mass is 831 g/mol. The fraction of sp³-hybridized carbons (Fsp3) is 0.429.